The molecule has 0 spiro atoms. The quantitative estimate of drug-likeness (QED) is 0.410. The van der Waals surface area contributed by atoms with Gasteiger partial charge in [0.05, 0.1) is 16.7 Å². The fourth-order valence-electron chi connectivity index (χ4n) is 3.07. The molecule has 0 aliphatic heterocycles. The standard InChI is InChI=1S/C21H17N5O/c1-13-9-16-19(12-23-20(16)22-11-13)26-21-24-17-8-7-15(10-18(17)25-21)27-14-5-3-2-4-6-14/h2-12H,1H3,(H,22,23)(H2,24,25,26). The maximum atomic E-state index is 5.89. The summed E-state index contributed by atoms with van der Waals surface area (Å²) in [6.07, 6.45) is 3.74. The smallest absolute Gasteiger partial charge is 0.205 e. The van der Waals surface area contributed by atoms with E-state index in [-0.39, 0.29) is 0 Å². The number of para-hydroxylation sites is 1. The summed E-state index contributed by atoms with van der Waals surface area (Å²) in [5, 5.41) is 4.37. The summed E-state index contributed by atoms with van der Waals surface area (Å²) in [6, 6.07) is 17.6. The Hall–Kier alpha value is -3.80. The molecule has 2 aromatic carbocycles. The maximum absolute atomic E-state index is 5.89. The zero-order valence-electron chi connectivity index (χ0n) is 14.7. The third-order valence-corrected chi connectivity index (χ3v) is 4.35. The van der Waals surface area contributed by atoms with Crippen LogP contribution < -0.4 is 10.1 Å². The predicted molar refractivity (Wildman–Crippen MR) is 107 cm³/mol. The summed E-state index contributed by atoms with van der Waals surface area (Å²) in [4.78, 5) is 15.5. The largest absolute Gasteiger partial charge is 0.457 e. The van der Waals surface area contributed by atoms with Crippen molar-refractivity contribution in [3.05, 3.63) is 72.6 Å². The van der Waals surface area contributed by atoms with Gasteiger partial charge in [-0.2, -0.15) is 0 Å². The maximum Gasteiger partial charge on any atom is 0.205 e. The lowest BCUT2D eigenvalue weighted by atomic mass is 10.2. The lowest BCUT2D eigenvalue weighted by Gasteiger charge is -2.04. The van der Waals surface area contributed by atoms with E-state index in [1.54, 1.807) is 0 Å². The second-order valence-corrected chi connectivity index (χ2v) is 6.42. The molecule has 132 valence electrons. The van der Waals surface area contributed by atoms with Crippen LogP contribution >= 0.6 is 0 Å². The van der Waals surface area contributed by atoms with Gasteiger partial charge in [-0.05, 0) is 42.8 Å². The number of benzene rings is 2. The number of ether oxygens (including phenoxy) is 1. The first-order chi connectivity index (χ1) is 13.2. The molecule has 27 heavy (non-hydrogen) atoms. The number of fused-ring (bicyclic) bond motifs is 2. The molecule has 3 N–H and O–H groups in total. The molecule has 0 radical (unpaired) electrons. The van der Waals surface area contributed by atoms with E-state index in [2.05, 4.69) is 31.3 Å². The van der Waals surface area contributed by atoms with E-state index < -0.39 is 0 Å². The molecule has 3 heterocycles. The first kappa shape index (κ1) is 15.5. The number of H-pyrrole nitrogens is 2. The number of aromatic amines is 2. The molecule has 3 aromatic heterocycles. The molecule has 0 unspecified atom stereocenters. The van der Waals surface area contributed by atoms with Crippen molar-refractivity contribution in [3.63, 3.8) is 0 Å². The van der Waals surface area contributed by atoms with Gasteiger partial charge < -0.3 is 20.0 Å². The molecular formula is C21H17N5O. The van der Waals surface area contributed by atoms with Crippen molar-refractivity contribution in [2.45, 2.75) is 6.92 Å². The average molecular weight is 355 g/mol. The predicted octanol–water partition coefficient (Wildman–Crippen LogP) is 5.28. The van der Waals surface area contributed by atoms with Gasteiger partial charge in [-0.3, -0.25) is 0 Å². The van der Waals surface area contributed by atoms with Crippen LogP contribution in [0.2, 0.25) is 0 Å². The van der Waals surface area contributed by atoms with Gasteiger partial charge in [-0.15, -0.1) is 0 Å². The van der Waals surface area contributed by atoms with Gasteiger partial charge in [-0.25, -0.2) is 9.97 Å². The van der Waals surface area contributed by atoms with Crippen molar-refractivity contribution in [3.8, 4) is 11.5 Å². The van der Waals surface area contributed by atoms with E-state index in [4.69, 9.17) is 4.74 Å². The highest BCUT2D eigenvalue weighted by Crippen LogP contribution is 2.28. The molecule has 0 bridgehead atoms. The number of aryl methyl sites for hydroxylation is 1. The number of hydrogen-bond acceptors (Lipinski definition) is 4. The topological polar surface area (TPSA) is 78.6 Å². The Bertz CT molecular complexity index is 1240. The number of rotatable bonds is 4. The van der Waals surface area contributed by atoms with E-state index in [1.807, 2.05) is 67.8 Å². The molecule has 0 amide bonds. The fourth-order valence-corrected chi connectivity index (χ4v) is 3.07. The monoisotopic (exact) mass is 355 g/mol. The molecule has 5 rings (SSSR count). The number of pyridine rings is 1. The van der Waals surface area contributed by atoms with Crippen LogP contribution in [0.25, 0.3) is 22.1 Å². The Morgan fingerprint density at radius 2 is 1.89 bits per heavy atom. The number of nitrogens with zero attached hydrogens (tertiary/aromatic N) is 2. The molecule has 5 aromatic rings. The SMILES string of the molecule is Cc1cnc2[nH]cc(Nc3nc4ccc(Oc5ccccc5)cc4[nH]3)c2c1. The van der Waals surface area contributed by atoms with E-state index in [1.165, 1.54) is 0 Å². The van der Waals surface area contributed by atoms with Crippen LogP contribution in [0.15, 0.2) is 67.0 Å². The van der Waals surface area contributed by atoms with Crippen LogP contribution in [-0.4, -0.2) is 19.9 Å². The Labute approximate surface area is 155 Å². The lowest BCUT2D eigenvalue weighted by Crippen LogP contribution is -1.91. The second-order valence-electron chi connectivity index (χ2n) is 6.42. The highest BCUT2D eigenvalue weighted by atomic mass is 16.5. The summed E-state index contributed by atoms with van der Waals surface area (Å²) in [6.45, 7) is 2.03. The van der Waals surface area contributed by atoms with Crippen LogP contribution in [0.1, 0.15) is 5.56 Å². The summed E-state index contributed by atoms with van der Waals surface area (Å²) >= 11 is 0. The van der Waals surface area contributed by atoms with Crippen molar-refractivity contribution in [2.24, 2.45) is 0 Å². The molecule has 0 saturated carbocycles. The number of hydrogen-bond donors (Lipinski definition) is 3. The Kier molecular flexibility index (Phi) is 3.53. The van der Waals surface area contributed by atoms with E-state index in [0.29, 0.717) is 5.95 Å². The number of anilines is 2. The lowest BCUT2D eigenvalue weighted by molar-refractivity contribution is 0.483. The Balaban J connectivity index is 1.45. The third-order valence-electron chi connectivity index (χ3n) is 4.35. The molecular weight excluding hydrogens is 338 g/mol. The van der Waals surface area contributed by atoms with Crippen LogP contribution in [0.5, 0.6) is 11.5 Å². The van der Waals surface area contributed by atoms with E-state index >= 15 is 0 Å². The number of aromatic nitrogens is 4. The normalized spacial score (nSPS) is 11.1. The molecule has 6 heteroatoms. The minimum Gasteiger partial charge on any atom is -0.457 e. The second kappa shape index (κ2) is 6.17. The Morgan fingerprint density at radius 1 is 1.00 bits per heavy atom. The first-order valence-corrected chi connectivity index (χ1v) is 8.68. The first-order valence-electron chi connectivity index (χ1n) is 8.68. The summed E-state index contributed by atoms with van der Waals surface area (Å²) in [5.74, 6) is 2.23. The van der Waals surface area contributed by atoms with Crippen LogP contribution in [-0.2, 0) is 0 Å². The molecule has 0 aliphatic carbocycles. The van der Waals surface area contributed by atoms with Crippen molar-refractivity contribution in [2.75, 3.05) is 5.32 Å². The molecule has 0 aliphatic rings. The third kappa shape index (κ3) is 2.97. The minimum absolute atomic E-state index is 0.671. The van der Waals surface area contributed by atoms with E-state index in [9.17, 15) is 0 Å². The van der Waals surface area contributed by atoms with Crippen molar-refractivity contribution in [1.82, 2.24) is 19.9 Å². The fraction of sp³-hybridized carbons (Fsp3) is 0.0476. The van der Waals surface area contributed by atoms with Gasteiger partial charge in [0, 0.05) is 23.8 Å². The molecule has 0 fully saturated rings. The van der Waals surface area contributed by atoms with Crippen LogP contribution in [0.3, 0.4) is 0 Å². The zero-order chi connectivity index (χ0) is 18.2. The molecule has 6 nitrogen and oxygen atoms in total. The van der Waals surface area contributed by atoms with Gasteiger partial charge in [0.25, 0.3) is 0 Å². The molecule has 0 atom stereocenters. The average Bonchev–Trinajstić information content (AvgIpc) is 3.26. The van der Waals surface area contributed by atoms with Gasteiger partial charge >= 0.3 is 0 Å². The Morgan fingerprint density at radius 3 is 2.78 bits per heavy atom. The van der Waals surface area contributed by atoms with Gasteiger partial charge in [0.2, 0.25) is 5.95 Å². The van der Waals surface area contributed by atoms with Gasteiger partial charge in [0.1, 0.15) is 17.1 Å². The highest BCUT2D eigenvalue weighted by molar-refractivity contribution is 5.92. The summed E-state index contributed by atoms with van der Waals surface area (Å²) in [5.41, 5.74) is 4.66. The van der Waals surface area contributed by atoms with Crippen molar-refractivity contribution < 1.29 is 4.74 Å². The number of imidazole rings is 1. The van der Waals surface area contributed by atoms with E-state index in [0.717, 1.165) is 44.8 Å². The van der Waals surface area contributed by atoms with Crippen molar-refractivity contribution >= 4 is 33.7 Å². The number of nitrogens with one attached hydrogen (secondary N) is 3. The van der Waals surface area contributed by atoms with Gasteiger partial charge in [0.15, 0.2) is 0 Å². The van der Waals surface area contributed by atoms with Crippen LogP contribution in [0, 0.1) is 6.92 Å². The van der Waals surface area contributed by atoms with Crippen molar-refractivity contribution in [1.29, 1.82) is 0 Å². The van der Waals surface area contributed by atoms with Crippen LogP contribution in [0.4, 0.5) is 11.6 Å². The highest BCUT2D eigenvalue weighted by Gasteiger charge is 2.09. The zero-order valence-corrected chi connectivity index (χ0v) is 14.7. The summed E-state index contributed by atoms with van der Waals surface area (Å²) < 4.78 is 5.89. The minimum atomic E-state index is 0.671. The van der Waals surface area contributed by atoms with Gasteiger partial charge in [-0.1, -0.05) is 18.2 Å². The molecule has 0 saturated heterocycles. The summed E-state index contributed by atoms with van der Waals surface area (Å²) in [7, 11) is 0.